The van der Waals surface area contributed by atoms with E-state index in [0.29, 0.717) is 6.54 Å². The number of rotatable bonds is 4. The number of hydrogen-bond donors (Lipinski definition) is 2. The molecule has 0 saturated carbocycles. The van der Waals surface area contributed by atoms with E-state index >= 15 is 0 Å². The fourth-order valence-corrected chi connectivity index (χ4v) is 1.89. The number of carbonyl (C=O) groups excluding carboxylic acids is 1. The molecule has 0 fully saturated rings. The van der Waals surface area contributed by atoms with Gasteiger partial charge in [-0.1, -0.05) is 12.5 Å². The van der Waals surface area contributed by atoms with Crippen LogP contribution in [-0.2, 0) is 4.74 Å². The van der Waals surface area contributed by atoms with Gasteiger partial charge >= 0.3 is 6.09 Å². The standard InChI is InChI=1S/C11H19IN2O2/c12-14-9-8-13-11(15)16-10-6-4-2-1-3-5-7-10/h4,6,10,14H,1-3,5,7-9H2,(H,13,15)/b6-4+/t10-/m1/s1. The second kappa shape index (κ2) is 8.81. The van der Waals surface area contributed by atoms with E-state index in [-0.39, 0.29) is 12.2 Å². The normalized spacial score (nSPS) is 22.9. The Hall–Kier alpha value is -0.300. The van der Waals surface area contributed by atoms with Gasteiger partial charge in [0, 0.05) is 36.0 Å². The molecule has 5 heteroatoms. The number of hydrogen-bond acceptors (Lipinski definition) is 3. The van der Waals surface area contributed by atoms with Crippen LogP contribution in [0.2, 0.25) is 0 Å². The molecule has 0 unspecified atom stereocenters. The van der Waals surface area contributed by atoms with Gasteiger partial charge in [0.15, 0.2) is 0 Å². The lowest BCUT2D eigenvalue weighted by Crippen LogP contribution is -2.32. The maximum atomic E-state index is 11.4. The minimum Gasteiger partial charge on any atom is -0.442 e. The molecule has 0 heterocycles. The Balaban J connectivity index is 2.22. The molecule has 0 aliphatic heterocycles. The van der Waals surface area contributed by atoms with E-state index in [1.165, 1.54) is 12.8 Å². The van der Waals surface area contributed by atoms with Gasteiger partial charge in [0.05, 0.1) is 0 Å². The highest BCUT2D eigenvalue weighted by atomic mass is 127. The zero-order valence-electron chi connectivity index (χ0n) is 9.38. The largest absolute Gasteiger partial charge is 0.442 e. The third-order valence-corrected chi connectivity index (χ3v) is 3.00. The van der Waals surface area contributed by atoms with Gasteiger partial charge in [-0.25, -0.2) is 4.79 Å². The van der Waals surface area contributed by atoms with Gasteiger partial charge in [0.2, 0.25) is 0 Å². The Labute approximate surface area is 111 Å². The van der Waals surface area contributed by atoms with Crippen molar-refractivity contribution >= 4 is 29.0 Å². The van der Waals surface area contributed by atoms with Crippen molar-refractivity contribution in [2.75, 3.05) is 13.1 Å². The van der Waals surface area contributed by atoms with E-state index in [2.05, 4.69) is 14.9 Å². The van der Waals surface area contributed by atoms with Crippen molar-refractivity contribution in [3.63, 3.8) is 0 Å². The molecule has 0 aromatic carbocycles. The van der Waals surface area contributed by atoms with Gasteiger partial charge in [-0.2, -0.15) is 0 Å². The second-order valence-corrected chi connectivity index (χ2v) is 4.58. The molecule has 0 radical (unpaired) electrons. The van der Waals surface area contributed by atoms with Crippen LogP contribution in [0.15, 0.2) is 12.2 Å². The predicted molar refractivity (Wildman–Crippen MR) is 72.5 cm³/mol. The van der Waals surface area contributed by atoms with Crippen molar-refractivity contribution in [2.45, 2.75) is 38.2 Å². The lowest BCUT2D eigenvalue weighted by atomic mass is 10.0. The molecule has 0 aromatic heterocycles. The number of ether oxygens (including phenoxy) is 1. The summed E-state index contributed by atoms with van der Waals surface area (Å²) in [5.74, 6) is 0. The van der Waals surface area contributed by atoms with Crippen molar-refractivity contribution in [2.24, 2.45) is 0 Å². The fraction of sp³-hybridized carbons (Fsp3) is 0.727. The molecule has 0 spiro atoms. The average molecular weight is 338 g/mol. The SMILES string of the molecule is O=C(NCCNI)O[C@@H]1/C=C/CCCCC1. The van der Waals surface area contributed by atoms with Crippen LogP contribution in [0.25, 0.3) is 0 Å². The van der Waals surface area contributed by atoms with Crippen molar-refractivity contribution in [1.29, 1.82) is 0 Å². The zero-order valence-corrected chi connectivity index (χ0v) is 11.5. The van der Waals surface area contributed by atoms with Gasteiger partial charge in [0.25, 0.3) is 0 Å². The Kier molecular flexibility index (Phi) is 7.58. The molecule has 92 valence electrons. The molecular formula is C11H19IN2O2. The van der Waals surface area contributed by atoms with Gasteiger partial charge in [-0.15, -0.1) is 0 Å². The monoisotopic (exact) mass is 338 g/mol. The van der Waals surface area contributed by atoms with Crippen LogP contribution in [0, 0.1) is 0 Å². The molecular weight excluding hydrogens is 319 g/mol. The topological polar surface area (TPSA) is 50.4 Å². The summed E-state index contributed by atoms with van der Waals surface area (Å²) in [6.07, 6.45) is 9.40. The molecule has 1 atom stereocenters. The molecule has 1 aliphatic carbocycles. The number of alkyl carbamates (subject to hydrolysis) is 1. The summed E-state index contributed by atoms with van der Waals surface area (Å²) >= 11 is 2.05. The molecule has 0 aromatic rings. The number of carbonyl (C=O) groups is 1. The van der Waals surface area contributed by atoms with Crippen LogP contribution in [-0.4, -0.2) is 25.3 Å². The third-order valence-electron chi connectivity index (χ3n) is 2.46. The third kappa shape index (κ3) is 6.32. The smallest absolute Gasteiger partial charge is 0.407 e. The molecule has 4 nitrogen and oxygen atoms in total. The number of nitrogens with one attached hydrogen (secondary N) is 2. The van der Waals surface area contributed by atoms with Crippen LogP contribution in [0.4, 0.5) is 4.79 Å². The molecule has 2 N–H and O–H groups in total. The molecule has 16 heavy (non-hydrogen) atoms. The van der Waals surface area contributed by atoms with Crippen LogP contribution < -0.4 is 8.85 Å². The first-order valence-electron chi connectivity index (χ1n) is 5.77. The van der Waals surface area contributed by atoms with Gasteiger partial charge in [-0.05, 0) is 31.8 Å². The van der Waals surface area contributed by atoms with Crippen molar-refractivity contribution in [3.8, 4) is 0 Å². The molecule has 0 bridgehead atoms. The van der Waals surface area contributed by atoms with E-state index in [1.54, 1.807) is 0 Å². The molecule has 0 saturated heterocycles. The fourth-order valence-electron chi connectivity index (χ4n) is 1.62. The van der Waals surface area contributed by atoms with Crippen molar-refractivity contribution < 1.29 is 9.53 Å². The van der Waals surface area contributed by atoms with Crippen molar-refractivity contribution in [3.05, 3.63) is 12.2 Å². The van der Waals surface area contributed by atoms with Gasteiger partial charge in [-0.3, -0.25) is 3.53 Å². The summed E-state index contributed by atoms with van der Waals surface area (Å²) in [4.78, 5) is 11.4. The highest BCUT2D eigenvalue weighted by molar-refractivity contribution is 14.1. The Morgan fingerprint density at radius 1 is 1.38 bits per heavy atom. The number of halogens is 1. The molecule has 1 aliphatic rings. The van der Waals surface area contributed by atoms with Crippen LogP contribution >= 0.6 is 22.9 Å². The maximum absolute atomic E-state index is 11.4. The minimum absolute atomic E-state index is 0.0483. The van der Waals surface area contributed by atoms with Gasteiger partial charge < -0.3 is 10.1 Å². The summed E-state index contributed by atoms with van der Waals surface area (Å²) in [5.41, 5.74) is 0. The lowest BCUT2D eigenvalue weighted by molar-refractivity contribution is 0.113. The van der Waals surface area contributed by atoms with E-state index in [1.807, 2.05) is 28.9 Å². The van der Waals surface area contributed by atoms with Crippen LogP contribution in [0.3, 0.4) is 0 Å². The number of amides is 1. The Morgan fingerprint density at radius 2 is 2.25 bits per heavy atom. The molecule has 1 rings (SSSR count). The highest BCUT2D eigenvalue weighted by Crippen LogP contribution is 2.14. The van der Waals surface area contributed by atoms with E-state index in [9.17, 15) is 4.79 Å². The first-order chi connectivity index (χ1) is 7.83. The predicted octanol–water partition coefficient (Wildman–Crippen LogP) is 2.54. The Morgan fingerprint density at radius 3 is 3.06 bits per heavy atom. The van der Waals surface area contributed by atoms with Crippen LogP contribution in [0.1, 0.15) is 32.1 Å². The maximum Gasteiger partial charge on any atom is 0.407 e. The summed E-state index contributed by atoms with van der Waals surface area (Å²) in [6.45, 7) is 1.34. The molecule has 1 amide bonds. The highest BCUT2D eigenvalue weighted by Gasteiger charge is 2.11. The van der Waals surface area contributed by atoms with Gasteiger partial charge in [0.1, 0.15) is 6.10 Å². The minimum atomic E-state index is -0.318. The zero-order chi connectivity index (χ0) is 11.6. The first-order valence-corrected chi connectivity index (χ1v) is 6.85. The summed E-state index contributed by atoms with van der Waals surface area (Å²) in [6, 6.07) is 0. The second-order valence-electron chi connectivity index (χ2n) is 3.82. The van der Waals surface area contributed by atoms with E-state index in [4.69, 9.17) is 4.74 Å². The Bertz CT molecular complexity index is 234. The number of allylic oxidation sites excluding steroid dienone is 1. The first kappa shape index (κ1) is 13.8. The van der Waals surface area contributed by atoms with E-state index < -0.39 is 0 Å². The van der Waals surface area contributed by atoms with E-state index in [0.717, 1.165) is 25.8 Å². The average Bonchev–Trinajstić information content (AvgIpc) is 2.22. The van der Waals surface area contributed by atoms with Crippen molar-refractivity contribution in [1.82, 2.24) is 8.85 Å². The quantitative estimate of drug-likeness (QED) is 0.358. The summed E-state index contributed by atoms with van der Waals surface area (Å²) in [5, 5.41) is 2.70. The summed E-state index contributed by atoms with van der Waals surface area (Å²) < 4.78 is 8.24. The lowest BCUT2D eigenvalue weighted by Gasteiger charge is -2.16. The summed E-state index contributed by atoms with van der Waals surface area (Å²) in [7, 11) is 0. The van der Waals surface area contributed by atoms with Crippen LogP contribution in [0.5, 0.6) is 0 Å².